The Morgan fingerprint density at radius 2 is 1.78 bits per heavy atom. The van der Waals surface area contributed by atoms with E-state index in [9.17, 15) is 0 Å². The molecule has 7 nitrogen and oxygen atoms in total. The number of hydrogen-bond donors (Lipinski definition) is 2. The molecule has 0 saturated carbocycles. The summed E-state index contributed by atoms with van der Waals surface area (Å²) >= 11 is 0. The first-order valence-electron chi connectivity index (χ1n) is 7.92. The lowest BCUT2D eigenvalue weighted by atomic mass is 10.2. The second-order valence-corrected chi connectivity index (χ2v) is 6.00. The average molecular weight is 437 g/mol. The Morgan fingerprint density at radius 1 is 1.17 bits per heavy atom. The third kappa shape index (κ3) is 7.03. The van der Waals surface area contributed by atoms with Crippen LogP contribution in [0.5, 0.6) is 0 Å². The predicted molar refractivity (Wildman–Crippen MR) is 106 cm³/mol. The van der Waals surface area contributed by atoms with Gasteiger partial charge in [-0.25, -0.2) is 0 Å². The number of aliphatic imine (C=N–C) groups is 1. The SMILES string of the molecule is CN=C(NCCN(C(C)C)C(C)C)NCc1nnc(C)n1C.I. The molecular weight excluding hydrogens is 405 g/mol. The molecule has 0 aromatic carbocycles. The minimum absolute atomic E-state index is 0. The van der Waals surface area contributed by atoms with Crippen LogP contribution in [0.15, 0.2) is 4.99 Å². The summed E-state index contributed by atoms with van der Waals surface area (Å²) in [5, 5.41) is 14.8. The Bertz CT molecular complexity index is 474. The monoisotopic (exact) mass is 437 g/mol. The molecule has 1 heterocycles. The lowest BCUT2D eigenvalue weighted by Gasteiger charge is -2.30. The largest absolute Gasteiger partial charge is 0.355 e. The number of nitrogens with zero attached hydrogens (tertiary/aromatic N) is 5. The fourth-order valence-electron chi connectivity index (χ4n) is 2.40. The first kappa shape index (κ1) is 22.1. The van der Waals surface area contributed by atoms with Crippen LogP contribution in [0.2, 0.25) is 0 Å². The van der Waals surface area contributed by atoms with Gasteiger partial charge in [-0.05, 0) is 34.6 Å². The van der Waals surface area contributed by atoms with Gasteiger partial charge in [-0.1, -0.05) is 0 Å². The molecule has 0 spiro atoms. The second kappa shape index (κ2) is 10.8. The molecule has 8 heteroatoms. The Hall–Kier alpha value is -0.900. The van der Waals surface area contributed by atoms with Gasteiger partial charge in [0.05, 0.1) is 6.54 Å². The lowest BCUT2D eigenvalue weighted by molar-refractivity contribution is 0.178. The minimum Gasteiger partial charge on any atom is -0.355 e. The average Bonchev–Trinajstić information content (AvgIpc) is 2.77. The number of nitrogens with one attached hydrogen (secondary N) is 2. The van der Waals surface area contributed by atoms with E-state index in [1.165, 1.54) is 0 Å². The molecule has 0 fully saturated rings. The molecule has 0 saturated heterocycles. The van der Waals surface area contributed by atoms with Crippen LogP contribution in [0.3, 0.4) is 0 Å². The zero-order valence-corrected chi connectivity index (χ0v) is 17.8. The number of aromatic nitrogens is 3. The van der Waals surface area contributed by atoms with E-state index in [4.69, 9.17) is 0 Å². The number of hydrogen-bond acceptors (Lipinski definition) is 4. The standard InChI is InChI=1S/C15H31N7.HI/c1-11(2)22(12(3)4)9-8-17-15(16-6)18-10-14-20-19-13(5)21(14)7;/h11-12H,8-10H2,1-7H3,(H2,16,17,18);1H. The normalized spacial score (nSPS) is 12.0. The van der Waals surface area contributed by atoms with Gasteiger partial charge in [0.1, 0.15) is 5.82 Å². The van der Waals surface area contributed by atoms with E-state index < -0.39 is 0 Å². The molecule has 0 bridgehead atoms. The van der Waals surface area contributed by atoms with Gasteiger partial charge in [0.2, 0.25) is 0 Å². The molecule has 0 atom stereocenters. The van der Waals surface area contributed by atoms with Gasteiger partial charge < -0.3 is 15.2 Å². The maximum Gasteiger partial charge on any atom is 0.191 e. The van der Waals surface area contributed by atoms with Crippen molar-refractivity contribution >= 4 is 29.9 Å². The van der Waals surface area contributed by atoms with E-state index in [-0.39, 0.29) is 24.0 Å². The smallest absolute Gasteiger partial charge is 0.191 e. The van der Waals surface area contributed by atoms with Gasteiger partial charge in [-0.15, -0.1) is 34.2 Å². The summed E-state index contributed by atoms with van der Waals surface area (Å²) in [7, 11) is 3.74. The van der Waals surface area contributed by atoms with Crippen molar-refractivity contribution in [1.82, 2.24) is 30.3 Å². The fraction of sp³-hybridized carbons (Fsp3) is 0.800. The van der Waals surface area contributed by atoms with Crippen LogP contribution < -0.4 is 10.6 Å². The van der Waals surface area contributed by atoms with E-state index in [2.05, 4.69) is 58.4 Å². The van der Waals surface area contributed by atoms with Crippen LogP contribution in [0.4, 0.5) is 0 Å². The molecule has 23 heavy (non-hydrogen) atoms. The Kier molecular flexibility index (Phi) is 10.4. The van der Waals surface area contributed by atoms with Gasteiger partial charge in [0.15, 0.2) is 11.8 Å². The molecule has 0 radical (unpaired) electrons. The maximum atomic E-state index is 4.24. The third-order valence-corrected chi connectivity index (χ3v) is 3.81. The summed E-state index contributed by atoms with van der Waals surface area (Å²) in [6, 6.07) is 1.08. The van der Waals surface area contributed by atoms with Crippen LogP contribution in [0.1, 0.15) is 39.3 Å². The molecule has 0 aliphatic heterocycles. The fourth-order valence-corrected chi connectivity index (χ4v) is 2.40. The van der Waals surface area contributed by atoms with Crippen LogP contribution in [-0.2, 0) is 13.6 Å². The quantitative estimate of drug-likeness (QED) is 0.385. The van der Waals surface area contributed by atoms with Crippen molar-refractivity contribution in [2.75, 3.05) is 20.1 Å². The molecular formula is C15H32IN7. The highest BCUT2D eigenvalue weighted by Gasteiger charge is 2.12. The van der Waals surface area contributed by atoms with E-state index in [0.29, 0.717) is 18.6 Å². The molecule has 134 valence electrons. The molecule has 1 rings (SSSR count). The van der Waals surface area contributed by atoms with Crippen LogP contribution in [-0.4, -0.2) is 57.8 Å². The van der Waals surface area contributed by atoms with Crippen molar-refractivity contribution < 1.29 is 0 Å². The summed E-state index contributed by atoms with van der Waals surface area (Å²) in [4.78, 5) is 6.70. The third-order valence-electron chi connectivity index (χ3n) is 3.81. The van der Waals surface area contributed by atoms with Crippen LogP contribution in [0.25, 0.3) is 0 Å². The summed E-state index contributed by atoms with van der Waals surface area (Å²) in [5.74, 6) is 2.59. The van der Waals surface area contributed by atoms with E-state index in [1.54, 1.807) is 7.05 Å². The zero-order valence-electron chi connectivity index (χ0n) is 15.4. The van der Waals surface area contributed by atoms with Crippen molar-refractivity contribution in [3.05, 3.63) is 11.6 Å². The molecule has 2 N–H and O–H groups in total. The van der Waals surface area contributed by atoms with Crippen molar-refractivity contribution in [3.63, 3.8) is 0 Å². The van der Waals surface area contributed by atoms with Gasteiger partial charge in [0, 0.05) is 39.3 Å². The van der Waals surface area contributed by atoms with Gasteiger partial charge in [-0.2, -0.15) is 0 Å². The lowest BCUT2D eigenvalue weighted by Crippen LogP contribution is -2.45. The molecule has 1 aromatic heterocycles. The maximum absolute atomic E-state index is 4.24. The van der Waals surface area contributed by atoms with E-state index in [1.807, 2.05) is 18.5 Å². The van der Waals surface area contributed by atoms with Gasteiger partial charge in [-0.3, -0.25) is 9.89 Å². The number of rotatable bonds is 7. The Morgan fingerprint density at radius 3 is 2.22 bits per heavy atom. The molecule has 0 aliphatic carbocycles. The molecule has 0 unspecified atom stereocenters. The molecule has 0 aliphatic rings. The molecule has 0 amide bonds. The summed E-state index contributed by atoms with van der Waals surface area (Å²) in [6.45, 7) is 13.3. The van der Waals surface area contributed by atoms with Gasteiger partial charge >= 0.3 is 0 Å². The van der Waals surface area contributed by atoms with Crippen molar-refractivity contribution in [2.45, 2.75) is 53.2 Å². The highest BCUT2D eigenvalue weighted by atomic mass is 127. The topological polar surface area (TPSA) is 70.4 Å². The van der Waals surface area contributed by atoms with Crippen molar-refractivity contribution in [1.29, 1.82) is 0 Å². The van der Waals surface area contributed by atoms with Crippen LogP contribution >= 0.6 is 24.0 Å². The number of aryl methyl sites for hydroxylation is 1. The van der Waals surface area contributed by atoms with Crippen molar-refractivity contribution in [3.8, 4) is 0 Å². The number of guanidine groups is 1. The summed E-state index contributed by atoms with van der Waals surface area (Å²) < 4.78 is 1.97. The Labute approximate surface area is 157 Å². The highest BCUT2D eigenvalue weighted by Crippen LogP contribution is 2.03. The second-order valence-electron chi connectivity index (χ2n) is 6.00. The Balaban J connectivity index is 0.00000484. The summed E-state index contributed by atoms with van der Waals surface area (Å²) in [6.07, 6.45) is 0. The minimum atomic E-state index is 0. The number of halogens is 1. The first-order chi connectivity index (χ1) is 10.4. The van der Waals surface area contributed by atoms with Crippen molar-refractivity contribution in [2.24, 2.45) is 12.0 Å². The van der Waals surface area contributed by atoms with Gasteiger partial charge in [0.25, 0.3) is 0 Å². The van der Waals surface area contributed by atoms with E-state index in [0.717, 1.165) is 30.7 Å². The first-order valence-corrected chi connectivity index (χ1v) is 7.92. The van der Waals surface area contributed by atoms with E-state index >= 15 is 0 Å². The summed E-state index contributed by atoms with van der Waals surface area (Å²) in [5.41, 5.74) is 0. The predicted octanol–water partition coefficient (Wildman–Crippen LogP) is 1.53. The molecule has 1 aromatic rings. The highest BCUT2D eigenvalue weighted by molar-refractivity contribution is 14.0. The zero-order chi connectivity index (χ0) is 16.7. The van der Waals surface area contributed by atoms with Crippen LogP contribution in [0, 0.1) is 6.92 Å².